The van der Waals surface area contributed by atoms with E-state index in [1.165, 1.54) is 17.5 Å². The van der Waals surface area contributed by atoms with E-state index in [-0.39, 0.29) is 22.7 Å². The number of H-pyrrole nitrogens is 1. The lowest BCUT2D eigenvalue weighted by Crippen LogP contribution is -2.39. The first-order valence-electron chi connectivity index (χ1n) is 5.34. The molecule has 1 aliphatic carbocycles. The second-order valence-corrected chi connectivity index (χ2v) is 6.44. The van der Waals surface area contributed by atoms with Gasteiger partial charge in [0, 0.05) is 13.6 Å². The summed E-state index contributed by atoms with van der Waals surface area (Å²) in [5.74, 6) is 0.267. The molecule has 1 aromatic heterocycles. The summed E-state index contributed by atoms with van der Waals surface area (Å²) in [6.45, 7) is 0.393. The largest absolute Gasteiger partial charge is 0.393 e. The molecule has 17 heavy (non-hydrogen) atoms. The minimum absolute atomic E-state index is 0.000119. The summed E-state index contributed by atoms with van der Waals surface area (Å²) >= 11 is 0. The number of nitrogens with zero attached hydrogens (tertiary/aromatic N) is 2. The maximum atomic E-state index is 12.1. The van der Waals surface area contributed by atoms with Crippen LogP contribution >= 0.6 is 0 Å². The molecule has 1 heterocycles. The quantitative estimate of drug-likeness (QED) is 0.668. The third kappa shape index (κ3) is 2.28. The molecular formula is C9H16N4O3S. The molecule has 0 unspecified atom stereocenters. The van der Waals surface area contributed by atoms with Crippen molar-refractivity contribution in [1.29, 1.82) is 0 Å². The Labute approximate surface area is 99.7 Å². The van der Waals surface area contributed by atoms with E-state index in [9.17, 15) is 8.42 Å². The highest BCUT2D eigenvalue weighted by Crippen LogP contribution is 2.29. The molecule has 0 aliphatic heterocycles. The molecule has 0 aromatic carbocycles. The summed E-state index contributed by atoms with van der Waals surface area (Å²) in [5.41, 5.74) is 5.50. The third-order valence-corrected chi connectivity index (χ3v) is 4.90. The van der Waals surface area contributed by atoms with Crippen LogP contribution in [0.2, 0.25) is 0 Å². The molecule has 7 nitrogen and oxygen atoms in total. The van der Waals surface area contributed by atoms with E-state index in [0.717, 1.165) is 0 Å². The van der Waals surface area contributed by atoms with Gasteiger partial charge in [0.2, 0.25) is 10.0 Å². The zero-order chi connectivity index (χ0) is 12.6. The van der Waals surface area contributed by atoms with E-state index >= 15 is 0 Å². The Morgan fingerprint density at radius 2 is 2.29 bits per heavy atom. The number of aliphatic hydroxyl groups is 1. The average Bonchev–Trinajstić information content (AvgIpc) is 2.62. The molecule has 1 saturated carbocycles. The number of rotatable bonds is 4. The minimum atomic E-state index is -3.58. The highest BCUT2D eigenvalue weighted by molar-refractivity contribution is 7.89. The summed E-state index contributed by atoms with van der Waals surface area (Å²) in [5, 5.41) is 15.2. The predicted molar refractivity (Wildman–Crippen MR) is 61.5 cm³/mol. The highest BCUT2D eigenvalue weighted by Gasteiger charge is 2.32. The van der Waals surface area contributed by atoms with Crippen LogP contribution in [0.4, 0.5) is 5.82 Å². The normalized spacial score (nSPS) is 24.9. The van der Waals surface area contributed by atoms with Crippen molar-refractivity contribution in [3.63, 3.8) is 0 Å². The van der Waals surface area contributed by atoms with E-state index in [4.69, 9.17) is 10.8 Å². The number of aliphatic hydroxyl groups excluding tert-OH is 1. The molecule has 8 heteroatoms. The van der Waals surface area contributed by atoms with Crippen LogP contribution in [0, 0.1) is 5.92 Å². The first-order chi connectivity index (χ1) is 7.91. The van der Waals surface area contributed by atoms with Crippen LogP contribution in [0.5, 0.6) is 0 Å². The van der Waals surface area contributed by atoms with Gasteiger partial charge in [0.25, 0.3) is 0 Å². The van der Waals surface area contributed by atoms with Crippen LogP contribution in [-0.2, 0) is 10.0 Å². The van der Waals surface area contributed by atoms with Crippen molar-refractivity contribution < 1.29 is 13.5 Å². The Bertz CT molecular complexity index is 492. The van der Waals surface area contributed by atoms with Gasteiger partial charge in [-0.2, -0.15) is 5.10 Å². The number of sulfonamides is 1. The SMILES string of the molecule is CN(CC1CC(O)C1)S(=O)(=O)c1cn[nH]c1N. The van der Waals surface area contributed by atoms with Crippen molar-refractivity contribution >= 4 is 15.8 Å². The molecule has 1 aliphatic rings. The summed E-state index contributed by atoms with van der Waals surface area (Å²) in [6, 6.07) is 0. The monoisotopic (exact) mass is 260 g/mol. The van der Waals surface area contributed by atoms with Crippen molar-refractivity contribution in [2.75, 3.05) is 19.3 Å². The van der Waals surface area contributed by atoms with Crippen molar-refractivity contribution in [2.24, 2.45) is 5.92 Å². The van der Waals surface area contributed by atoms with E-state index in [1.54, 1.807) is 0 Å². The molecule has 0 bridgehead atoms. The van der Waals surface area contributed by atoms with Gasteiger partial charge in [-0.15, -0.1) is 0 Å². The number of anilines is 1. The van der Waals surface area contributed by atoms with Gasteiger partial charge in [-0.3, -0.25) is 5.10 Å². The van der Waals surface area contributed by atoms with Crippen LogP contribution in [0.25, 0.3) is 0 Å². The maximum Gasteiger partial charge on any atom is 0.248 e. The van der Waals surface area contributed by atoms with Crippen LogP contribution in [-0.4, -0.2) is 47.7 Å². The Hall–Kier alpha value is -1.12. The molecule has 0 saturated heterocycles. The number of hydrogen-bond acceptors (Lipinski definition) is 5. The molecule has 0 atom stereocenters. The summed E-state index contributed by atoms with van der Waals surface area (Å²) in [6.07, 6.45) is 2.23. The molecule has 0 amide bonds. The smallest absolute Gasteiger partial charge is 0.248 e. The van der Waals surface area contributed by atoms with Gasteiger partial charge in [-0.25, -0.2) is 12.7 Å². The Kier molecular flexibility index (Phi) is 3.11. The van der Waals surface area contributed by atoms with E-state index in [0.29, 0.717) is 19.4 Å². The highest BCUT2D eigenvalue weighted by atomic mass is 32.2. The number of nitrogens with two attached hydrogens (primary N) is 1. The minimum Gasteiger partial charge on any atom is -0.393 e. The zero-order valence-electron chi connectivity index (χ0n) is 9.50. The standard InChI is InChI=1S/C9H16N4O3S/c1-13(5-6-2-7(14)3-6)17(15,16)8-4-11-12-9(8)10/h4,6-7,14H,2-3,5H2,1H3,(H3,10,11,12). The second-order valence-electron chi connectivity index (χ2n) is 4.42. The molecule has 0 radical (unpaired) electrons. The van der Waals surface area contributed by atoms with Crippen molar-refractivity contribution in [3.05, 3.63) is 6.20 Å². The number of hydrogen-bond donors (Lipinski definition) is 3. The van der Waals surface area contributed by atoms with Crippen LogP contribution in [0.15, 0.2) is 11.1 Å². The first kappa shape index (κ1) is 12.3. The molecular weight excluding hydrogens is 244 g/mol. The molecule has 4 N–H and O–H groups in total. The van der Waals surface area contributed by atoms with Gasteiger partial charge in [0.15, 0.2) is 0 Å². The fraction of sp³-hybridized carbons (Fsp3) is 0.667. The van der Waals surface area contributed by atoms with E-state index < -0.39 is 10.0 Å². The third-order valence-electron chi connectivity index (χ3n) is 3.05. The van der Waals surface area contributed by atoms with Gasteiger partial charge in [-0.1, -0.05) is 0 Å². The molecule has 2 rings (SSSR count). The lowest BCUT2D eigenvalue weighted by Gasteiger charge is -2.33. The lowest BCUT2D eigenvalue weighted by molar-refractivity contribution is 0.0367. The van der Waals surface area contributed by atoms with Crippen LogP contribution in [0.3, 0.4) is 0 Å². The summed E-state index contributed by atoms with van der Waals surface area (Å²) in [7, 11) is -2.08. The number of aromatic nitrogens is 2. The molecule has 1 aromatic rings. The zero-order valence-corrected chi connectivity index (χ0v) is 10.3. The number of aromatic amines is 1. The number of nitrogen functional groups attached to an aromatic ring is 1. The first-order valence-corrected chi connectivity index (χ1v) is 6.78. The Balaban J connectivity index is 2.08. The van der Waals surface area contributed by atoms with Gasteiger partial charge in [0.05, 0.1) is 12.3 Å². The average molecular weight is 260 g/mol. The fourth-order valence-corrected chi connectivity index (χ4v) is 3.22. The van der Waals surface area contributed by atoms with Gasteiger partial charge >= 0.3 is 0 Å². The molecule has 96 valence electrons. The lowest BCUT2D eigenvalue weighted by atomic mass is 9.82. The van der Waals surface area contributed by atoms with Gasteiger partial charge < -0.3 is 10.8 Å². The topological polar surface area (TPSA) is 112 Å². The molecule has 1 fully saturated rings. The second kappa shape index (κ2) is 4.28. The Morgan fingerprint density at radius 1 is 1.65 bits per heavy atom. The fourth-order valence-electron chi connectivity index (χ4n) is 1.97. The Morgan fingerprint density at radius 3 is 2.76 bits per heavy atom. The van der Waals surface area contributed by atoms with Gasteiger partial charge in [-0.05, 0) is 18.8 Å². The van der Waals surface area contributed by atoms with Gasteiger partial charge in [0.1, 0.15) is 10.7 Å². The molecule has 0 spiro atoms. The predicted octanol–water partition coefficient (Wildman–Crippen LogP) is -0.617. The van der Waals surface area contributed by atoms with Crippen molar-refractivity contribution in [1.82, 2.24) is 14.5 Å². The maximum absolute atomic E-state index is 12.1. The van der Waals surface area contributed by atoms with Crippen LogP contribution in [0.1, 0.15) is 12.8 Å². The summed E-state index contributed by atoms with van der Waals surface area (Å²) < 4.78 is 25.4. The summed E-state index contributed by atoms with van der Waals surface area (Å²) in [4.78, 5) is -0.000119. The van der Waals surface area contributed by atoms with E-state index in [2.05, 4.69) is 10.2 Å². The van der Waals surface area contributed by atoms with Crippen LogP contribution < -0.4 is 5.73 Å². The van der Waals surface area contributed by atoms with Crippen molar-refractivity contribution in [2.45, 2.75) is 23.8 Å². The van der Waals surface area contributed by atoms with E-state index in [1.807, 2.05) is 0 Å². The van der Waals surface area contributed by atoms with Crippen molar-refractivity contribution in [3.8, 4) is 0 Å². The number of nitrogens with one attached hydrogen (secondary N) is 1.